The average molecular weight is 298 g/mol. The van der Waals surface area contributed by atoms with Crippen LogP contribution in [0, 0.1) is 0 Å². The van der Waals surface area contributed by atoms with Gasteiger partial charge in [0, 0.05) is 19.1 Å². The molecule has 0 aromatic heterocycles. The van der Waals surface area contributed by atoms with Crippen LogP contribution in [-0.2, 0) is 0 Å². The summed E-state index contributed by atoms with van der Waals surface area (Å²) in [5.41, 5.74) is 6.88. The Morgan fingerprint density at radius 1 is 1.27 bits per heavy atom. The summed E-state index contributed by atoms with van der Waals surface area (Å²) >= 11 is 0. The normalized spacial score (nSPS) is 19.0. The van der Waals surface area contributed by atoms with Crippen molar-refractivity contribution < 1.29 is 4.79 Å². The maximum atomic E-state index is 12.1. The van der Waals surface area contributed by atoms with Crippen molar-refractivity contribution in [1.29, 1.82) is 0 Å². The smallest absolute Gasteiger partial charge is 0.315 e. The van der Waals surface area contributed by atoms with Gasteiger partial charge in [0.25, 0.3) is 0 Å². The molecule has 22 heavy (non-hydrogen) atoms. The predicted molar refractivity (Wildman–Crippen MR) is 88.7 cm³/mol. The van der Waals surface area contributed by atoms with Crippen LogP contribution in [0.25, 0.3) is 10.8 Å². The fourth-order valence-corrected chi connectivity index (χ4v) is 2.87. The molecule has 0 aliphatic carbocycles. The summed E-state index contributed by atoms with van der Waals surface area (Å²) in [7, 11) is 0. The van der Waals surface area contributed by atoms with E-state index in [1.165, 1.54) is 5.39 Å². The lowest BCUT2D eigenvalue weighted by Gasteiger charge is -2.20. The first kappa shape index (κ1) is 14.8. The molecule has 2 aromatic carbocycles. The molecular weight excluding hydrogens is 276 g/mol. The summed E-state index contributed by atoms with van der Waals surface area (Å²) in [6.07, 6.45) is 0.969. The van der Waals surface area contributed by atoms with E-state index in [1.807, 2.05) is 18.2 Å². The molecule has 116 valence electrons. The molecule has 1 aliphatic heterocycles. The van der Waals surface area contributed by atoms with E-state index in [1.54, 1.807) is 0 Å². The Hall–Kier alpha value is -2.11. The number of nitrogens with one attached hydrogen (secondary N) is 3. The Bertz CT molecular complexity index is 652. The van der Waals surface area contributed by atoms with Gasteiger partial charge in [-0.05, 0) is 35.4 Å². The highest BCUT2D eigenvalue weighted by atomic mass is 16.2. The molecule has 0 bridgehead atoms. The van der Waals surface area contributed by atoms with Crippen LogP contribution in [0.5, 0.6) is 0 Å². The van der Waals surface area contributed by atoms with Gasteiger partial charge in [0.15, 0.2) is 0 Å². The molecule has 5 nitrogen and oxygen atoms in total. The Labute approximate surface area is 130 Å². The van der Waals surface area contributed by atoms with Crippen LogP contribution in [0.2, 0.25) is 0 Å². The molecular formula is C17H22N4O. The molecule has 1 aliphatic rings. The molecule has 0 saturated carbocycles. The van der Waals surface area contributed by atoms with Gasteiger partial charge in [-0.1, -0.05) is 36.4 Å². The topological polar surface area (TPSA) is 79.2 Å². The molecule has 5 heteroatoms. The number of hydrogen-bond donors (Lipinski definition) is 4. The molecule has 1 saturated heterocycles. The van der Waals surface area contributed by atoms with Crippen molar-refractivity contribution in [3.05, 3.63) is 48.0 Å². The van der Waals surface area contributed by atoms with Crippen LogP contribution >= 0.6 is 0 Å². The third-order valence-electron chi connectivity index (χ3n) is 4.11. The van der Waals surface area contributed by atoms with E-state index < -0.39 is 0 Å². The van der Waals surface area contributed by atoms with E-state index in [4.69, 9.17) is 5.73 Å². The van der Waals surface area contributed by atoms with E-state index >= 15 is 0 Å². The van der Waals surface area contributed by atoms with Crippen molar-refractivity contribution in [1.82, 2.24) is 16.0 Å². The number of rotatable bonds is 4. The number of fused-ring (bicyclic) bond motifs is 1. The largest absolute Gasteiger partial charge is 0.334 e. The fourth-order valence-electron chi connectivity index (χ4n) is 2.87. The van der Waals surface area contributed by atoms with Crippen molar-refractivity contribution in [2.75, 3.05) is 19.6 Å². The zero-order chi connectivity index (χ0) is 15.4. The van der Waals surface area contributed by atoms with E-state index in [9.17, 15) is 4.79 Å². The fraction of sp³-hybridized carbons (Fsp3) is 0.353. The quantitative estimate of drug-likeness (QED) is 0.691. The molecule has 0 spiro atoms. The number of amides is 2. The Balaban J connectivity index is 1.70. The summed E-state index contributed by atoms with van der Waals surface area (Å²) < 4.78 is 0. The number of carbonyl (C=O) groups is 1. The number of carbonyl (C=O) groups excluding carboxylic acids is 1. The molecule has 3 rings (SSSR count). The van der Waals surface area contributed by atoms with Crippen LogP contribution in [0.3, 0.4) is 0 Å². The monoisotopic (exact) mass is 298 g/mol. The average Bonchev–Trinajstić information content (AvgIpc) is 3.05. The van der Waals surface area contributed by atoms with E-state index in [2.05, 4.69) is 40.2 Å². The zero-order valence-corrected chi connectivity index (χ0v) is 12.5. The SMILES string of the molecule is NCC(NC(=O)NC1CCNC1)c1ccc2ccccc2c1. The van der Waals surface area contributed by atoms with Crippen LogP contribution in [0.1, 0.15) is 18.0 Å². The van der Waals surface area contributed by atoms with Gasteiger partial charge < -0.3 is 21.7 Å². The van der Waals surface area contributed by atoms with Crippen LogP contribution < -0.4 is 21.7 Å². The summed E-state index contributed by atoms with van der Waals surface area (Å²) in [4.78, 5) is 12.1. The van der Waals surface area contributed by atoms with E-state index in [0.717, 1.165) is 30.5 Å². The maximum Gasteiger partial charge on any atom is 0.315 e. The summed E-state index contributed by atoms with van der Waals surface area (Å²) in [6.45, 7) is 2.15. The predicted octanol–water partition coefficient (Wildman–Crippen LogP) is 1.50. The first-order chi connectivity index (χ1) is 10.8. The molecule has 1 heterocycles. The van der Waals surface area contributed by atoms with Crippen molar-refractivity contribution >= 4 is 16.8 Å². The minimum atomic E-state index is -0.182. The standard InChI is InChI=1S/C17H22N4O/c18-10-16(21-17(22)20-15-7-8-19-11-15)14-6-5-12-3-1-2-4-13(12)9-14/h1-6,9,15-16,19H,7-8,10-11,18H2,(H2,20,21,22). The zero-order valence-electron chi connectivity index (χ0n) is 12.5. The Morgan fingerprint density at radius 3 is 2.82 bits per heavy atom. The first-order valence-corrected chi connectivity index (χ1v) is 7.73. The van der Waals surface area contributed by atoms with Gasteiger partial charge in [-0.25, -0.2) is 4.79 Å². The van der Waals surface area contributed by atoms with Crippen LogP contribution in [-0.4, -0.2) is 31.7 Å². The van der Waals surface area contributed by atoms with E-state index in [-0.39, 0.29) is 18.1 Å². The second-order valence-electron chi connectivity index (χ2n) is 5.70. The van der Waals surface area contributed by atoms with Gasteiger partial charge in [-0.2, -0.15) is 0 Å². The highest BCUT2D eigenvalue weighted by molar-refractivity contribution is 5.83. The van der Waals surface area contributed by atoms with Gasteiger partial charge >= 0.3 is 6.03 Å². The van der Waals surface area contributed by atoms with Crippen LogP contribution in [0.4, 0.5) is 4.79 Å². The van der Waals surface area contributed by atoms with Gasteiger partial charge in [0.2, 0.25) is 0 Å². The van der Waals surface area contributed by atoms with Gasteiger partial charge in [-0.15, -0.1) is 0 Å². The number of urea groups is 1. The number of hydrogen-bond acceptors (Lipinski definition) is 3. The van der Waals surface area contributed by atoms with Gasteiger partial charge in [0.1, 0.15) is 0 Å². The third-order valence-corrected chi connectivity index (χ3v) is 4.11. The molecule has 2 atom stereocenters. The number of benzene rings is 2. The van der Waals surface area contributed by atoms with Crippen LogP contribution in [0.15, 0.2) is 42.5 Å². The van der Waals surface area contributed by atoms with Gasteiger partial charge in [0.05, 0.1) is 6.04 Å². The lowest BCUT2D eigenvalue weighted by molar-refractivity contribution is 0.234. The summed E-state index contributed by atoms with van der Waals surface area (Å²) in [5, 5.41) is 11.5. The first-order valence-electron chi connectivity index (χ1n) is 7.73. The van der Waals surface area contributed by atoms with Crippen molar-refractivity contribution in [3.63, 3.8) is 0 Å². The van der Waals surface area contributed by atoms with Crippen molar-refractivity contribution in [2.24, 2.45) is 5.73 Å². The minimum absolute atomic E-state index is 0.155. The van der Waals surface area contributed by atoms with Crippen molar-refractivity contribution in [3.8, 4) is 0 Å². The third kappa shape index (κ3) is 3.37. The van der Waals surface area contributed by atoms with Crippen molar-refractivity contribution in [2.45, 2.75) is 18.5 Å². The molecule has 5 N–H and O–H groups in total. The highest BCUT2D eigenvalue weighted by Crippen LogP contribution is 2.20. The second-order valence-corrected chi connectivity index (χ2v) is 5.70. The number of nitrogens with two attached hydrogens (primary N) is 1. The summed E-state index contributed by atoms with van der Waals surface area (Å²) in [5.74, 6) is 0. The molecule has 2 unspecified atom stereocenters. The molecule has 2 aromatic rings. The Morgan fingerprint density at radius 2 is 2.09 bits per heavy atom. The van der Waals surface area contributed by atoms with Gasteiger partial charge in [-0.3, -0.25) is 0 Å². The van der Waals surface area contributed by atoms with E-state index in [0.29, 0.717) is 6.54 Å². The molecule has 0 radical (unpaired) electrons. The highest BCUT2D eigenvalue weighted by Gasteiger charge is 2.19. The summed E-state index contributed by atoms with van der Waals surface area (Å²) in [6, 6.07) is 14.2. The maximum absolute atomic E-state index is 12.1. The molecule has 2 amide bonds. The molecule has 1 fully saturated rings. The Kier molecular flexibility index (Phi) is 4.56. The minimum Gasteiger partial charge on any atom is -0.334 e. The lowest BCUT2D eigenvalue weighted by atomic mass is 10.0. The lowest BCUT2D eigenvalue weighted by Crippen LogP contribution is -2.45. The second kappa shape index (κ2) is 6.77.